The normalized spacial score (nSPS) is 17.3. The van der Waals surface area contributed by atoms with E-state index in [1.54, 1.807) is 12.1 Å². The maximum absolute atomic E-state index is 12.2. The molecule has 3 aromatic carbocycles. The van der Waals surface area contributed by atoms with Gasteiger partial charge in [-0.25, -0.2) is 4.79 Å². The molecule has 0 aromatic heterocycles. The molecule has 0 amide bonds. The molecule has 2 atom stereocenters. The van der Waals surface area contributed by atoms with Gasteiger partial charge in [-0.05, 0) is 65.1 Å². The van der Waals surface area contributed by atoms with E-state index in [0.717, 1.165) is 30.4 Å². The zero-order valence-corrected chi connectivity index (χ0v) is 20.3. The molecule has 5 rings (SSSR count). The fraction of sp³-hybridized carbons (Fsp3) is 0.290. The van der Waals surface area contributed by atoms with Crippen LogP contribution >= 0.6 is 0 Å². The summed E-state index contributed by atoms with van der Waals surface area (Å²) in [6.45, 7) is 4.01. The maximum Gasteiger partial charge on any atom is 0.335 e. The Kier molecular flexibility index (Phi) is 7.81. The molecule has 0 saturated carbocycles. The van der Waals surface area contributed by atoms with Gasteiger partial charge in [0.15, 0.2) is 0 Å². The highest BCUT2D eigenvalue weighted by molar-refractivity contribution is 5.87. The average Bonchev–Trinajstić information content (AvgIpc) is 3.44. The second kappa shape index (κ2) is 11.2. The third-order valence-electron chi connectivity index (χ3n) is 6.49. The monoisotopic (exact) mass is 468 g/mol. The van der Waals surface area contributed by atoms with Gasteiger partial charge in [-0.3, -0.25) is 4.79 Å². The summed E-state index contributed by atoms with van der Waals surface area (Å²) >= 11 is 0. The second-order valence-electron chi connectivity index (χ2n) is 9.68. The Morgan fingerprint density at radius 3 is 2.31 bits per heavy atom. The number of hydrogen-bond donors (Lipinski definition) is 1. The number of ether oxygens (including phenoxy) is 1. The van der Waals surface area contributed by atoms with Gasteiger partial charge in [0, 0.05) is 12.3 Å². The molecule has 180 valence electrons. The van der Waals surface area contributed by atoms with Crippen LogP contribution in [0.5, 0.6) is 0 Å². The number of carbonyl (C=O) groups is 2. The van der Waals surface area contributed by atoms with Crippen LogP contribution in [0.2, 0.25) is 0 Å². The highest BCUT2D eigenvalue weighted by Crippen LogP contribution is 2.40. The van der Waals surface area contributed by atoms with Gasteiger partial charge in [0.2, 0.25) is 0 Å². The van der Waals surface area contributed by atoms with Gasteiger partial charge in [0.05, 0.1) is 5.56 Å². The van der Waals surface area contributed by atoms with Crippen LogP contribution in [-0.4, -0.2) is 17.0 Å². The molecule has 4 heteroatoms. The Balaban J connectivity index is 0.000000266. The van der Waals surface area contributed by atoms with Crippen molar-refractivity contribution in [2.24, 2.45) is 11.8 Å². The molecule has 35 heavy (non-hydrogen) atoms. The summed E-state index contributed by atoms with van der Waals surface area (Å²) in [5.41, 5.74) is 6.50. The molecule has 3 aromatic rings. The molecule has 0 radical (unpaired) electrons. The lowest BCUT2D eigenvalue weighted by Crippen LogP contribution is -2.19. The summed E-state index contributed by atoms with van der Waals surface area (Å²) in [4.78, 5) is 23.3. The van der Waals surface area contributed by atoms with Gasteiger partial charge in [-0.2, -0.15) is 0 Å². The van der Waals surface area contributed by atoms with Crippen LogP contribution in [-0.2, 0) is 28.8 Å². The van der Waals surface area contributed by atoms with Crippen molar-refractivity contribution >= 4 is 18.0 Å². The zero-order chi connectivity index (χ0) is 24.8. The van der Waals surface area contributed by atoms with Gasteiger partial charge in [-0.15, -0.1) is 0 Å². The summed E-state index contributed by atoms with van der Waals surface area (Å²) in [6.07, 6.45) is 7.27. The first-order valence-corrected chi connectivity index (χ1v) is 12.2. The number of benzene rings is 3. The summed E-state index contributed by atoms with van der Waals surface area (Å²) < 4.78 is 5.86. The maximum atomic E-state index is 12.2. The van der Waals surface area contributed by atoms with Gasteiger partial charge in [0.25, 0.3) is 0 Å². The van der Waals surface area contributed by atoms with E-state index in [4.69, 9.17) is 9.84 Å². The Morgan fingerprint density at radius 1 is 0.943 bits per heavy atom. The number of hydrogen-bond acceptors (Lipinski definition) is 3. The number of carboxylic acid groups (broad SMARTS) is 1. The summed E-state index contributed by atoms with van der Waals surface area (Å²) in [7, 11) is 0. The molecule has 2 aliphatic rings. The molecule has 2 unspecified atom stereocenters. The Hall–Kier alpha value is -3.66. The van der Waals surface area contributed by atoms with E-state index in [0.29, 0.717) is 6.42 Å². The van der Waals surface area contributed by atoms with Crippen LogP contribution in [0.4, 0.5) is 0 Å². The van der Waals surface area contributed by atoms with Crippen LogP contribution in [0, 0.1) is 11.8 Å². The summed E-state index contributed by atoms with van der Waals surface area (Å²) in [5.74, 6) is -0.654. The molecular formula is C31H32O4. The van der Waals surface area contributed by atoms with Gasteiger partial charge in [-0.1, -0.05) is 86.7 Å². The second-order valence-corrected chi connectivity index (χ2v) is 9.68. The van der Waals surface area contributed by atoms with Crippen molar-refractivity contribution in [2.45, 2.75) is 45.6 Å². The van der Waals surface area contributed by atoms with Crippen molar-refractivity contribution in [3.05, 3.63) is 112 Å². The molecule has 0 spiro atoms. The molecule has 0 heterocycles. The van der Waals surface area contributed by atoms with E-state index in [1.165, 1.54) is 16.7 Å². The first kappa shape index (κ1) is 24.5. The first-order chi connectivity index (χ1) is 16.9. The minimum Gasteiger partial charge on any atom is -0.478 e. The lowest BCUT2D eigenvalue weighted by Gasteiger charge is -2.22. The molecular weight excluding hydrogens is 436 g/mol. The van der Waals surface area contributed by atoms with Crippen LogP contribution in [0.3, 0.4) is 0 Å². The SMILES string of the molecule is C1=Cc2ccccc2C1.CC(C)CC(=O)OC1c2ccccc2CC1Cc1ccc(C(=O)O)cc1. The Labute approximate surface area is 207 Å². The van der Waals surface area contributed by atoms with Crippen molar-refractivity contribution < 1.29 is 19.4 Å². The van der Waals surface area contributed by atoms with Crippen molar-refractivity contribution in [1.82, 2.24) is 0 Å². The quantitative estimate of drug-likeness (QED) is 0.410. The van der Waals surface area contributed by atoms with Gasteiger partial charge < -0.3 is 9.84 Å². The number of aromatic carboxylic acids is 1. The Bertz CT molecular complexity index is 1210. The smallest absolute Gasteiger partial charge is 0.335 e. The number of carboxylic acids is 1. The largest absolute Gasteiger partial charge is 0.478 e. The van der Waals surface area contributed by atoms with Crippen LogP contribution in [0.1, 0.15) is 64.5 Å². The number of carbonyl (C=O) groups excluding carboxylic acids is 1. The van der Waals surface area contributed by atoms with E-state index in [-0.39, 0.29) is 29.5 Å². The van der Waals surface area contributed by atoms with E-state index in [1.807, 2.05) is 44.2 Å². The highest BCUT2D eigenvalue weighted by Gasteiger charge is 2.35. The predicted molar refractivity (Wildman–Crippen MR) is 138 cm³/mol. The molecule has 0 saturated heterocycles. The molecule has 1 N–H and O–H groups in total. The van der Waals surface area contributed by atoms with Crippen molar-refractivity contribution in [3.8, 4) is 0 Å². The fourth-order valence-corrected chi connectivity index (χ4v) is 4.78. The lowest BCUT2D eigenvalue weighted by atomic mass is 9.94. The zero-order valence-electron chi connectivity index (χ0n) is 20.3. The van der Waals surface area contributed by atoms with Gasteiger partial charge in [0.1, 0.15) is 6.10 Å². The van der Waals surface area contributed by atoms with E-state index in [2.05, 4.69) is 42.5 Å². The standard InChI is InChI=1S/C22H24O4.C9H8/c1-14(2)11-20(23)26-21-18(13-17-5-3-4-6-19(17)21)12-15-7-9-16(10-8-15)22(24)25;1-2-5-9-7-3-6-8(9)4-1/h3-10,14,18,21H,11-13H2,1-2H3,(H,24,25);1-6H,7H2. The van der Waals surface area contributed by atoms with E-state index in [9.17, 15) is 9.59 Å². The predicted octanol–water partition coefficient (Wildman–Crippen LogP) is 6.69. The number of allylic oxidation sites excluding steroid dienone is 1. The molecule has 2 aliphatic carbocycles. The third kappa shape index (κ3) is 6.27. The lowest BCUT2D eigenvalue weighted by molar-refractivity contribution is -0.152. The summed E-state index contributed by atoms with van der Waals surface area (Å²) in [5, 5.41) is 9.03. The van der Waals surface area contributed by atoms with Crippen molar-refractivity contribution in [1.29, 1.82) is 0 Å². The minimum atomic E-state index is -0.926. The van der Waals surface area contributed by atoms with Crippen LogP contribution in [0.15, 0.2) is 78.9 Å². The van der Waals surface area contributed by atoms with Crippen molar-refractivity contribution in [3.63, 3.8) is 0 Å². The number of esters is 1. The van der Waals surface area contributed by atoms with E-state index < -0.39 is 5.97 Å². The van der Waals surface area contributed by atoms with Crippen molar-refractivity contribution in [2.75, 3.05) is 0 Å². The number of rotatable bonds is 6. The van der Waals surface area contributed by atoms with Crippen LogP contribution < -0.4 is 0 Å². The van der Waals surface area contributed by atoms with Crippen LogP contribution in [0.25, 0.3) is 6.08 Å². The first-order valence-electron chi connectivity index (χ1n) is 12.2. The third-order valence-corrected chi connectivity index (χ3v) is 6.49. The van der Waals surface area contributed by atoms with Gasteiger partial charge >= 0.3 is 11.9 Å². The minimum absolute atomic E-state index is 0.159. The average molecular weight is 469 g/mol. The topological polar surface area (TPSA) is 63.6 Å². The highest BCUT2D eigenvalue weighted by atomic mass is 16.5. The molecule has 4 nitrogen and oxygen atoms in total. The Morgan fingerprint density at radius 2 is 1.63 bits per heavy atom. The summed E-state index contributed by atoms with van der Waals surface area (Å²) in [6, 6.07) is 23.6. The fourth-order valence-electron chi connectivity index (χ4n) is 4.78. The molecule has 0 aliphatic heterocycles. The molecule has 0 fully saturated rings. The molecule has 0 bridgehead atoms. The van der Waals surface area contributed by atoms with E-state index >= 15 is 0 Å². The number of fused-ring (bicyclic) bond motifs is 2.